The number of nitrogens with zero attached hydrogens (tertiary/aromatic N) is 1. The summed E-state index contributed by atoms with van der Waals surface area (Å²) in [6.45, 7) is 0.522. The maximum Gasteiger partial charge on any atom is 0.288 e. The summed E-state index contributed by atoms with van der Waals surface area (Å²) >= 11 is 0.447. The molecule has 168 valence electrons. The van der Waals surface area contributed by atoms with Crippen molar-refractivity contribution >= 4 is 44.2 Å². The summed E-state index contributed by atoms with van der Waals surface area (Å²) in [7, 11) is -3.64. The van der Waals surface area contributed by atoms with Crippen LogP contribution < -0.4 is 5.32 Å². The van der Waals surface area contributed by atoms with E-state index in [4.69, 9.17) is 0 Å². The Bertz CT molecular complexity index is 1210. The molecule has 5 nitrogen and oxygen atoms in total. The van der Waals surface area contributed by atoms with E-state index in [1.54, 1.807) is 30.3 Å². The zero-order valence-electron chi connectivity index (χ0n) is 17.1. The molecule has 0 bridgehead atoms. The van der Waals surface area contributed by atoms with Gasteiger partial charge in [0.15, 0.2) is 0 Å². The first-order valence-corrected chi connectivity index (χ1v) is 12.5. The van der Waals surface area contributed by atoms with Crippen molar-refractivity contribution in [3.63, 3.8) is 0 Å². The van der Waals surface area contributed by atoms with Crippen LogP contribution in [0.25, 0.3) is 10.8 Å². The smallest absolute Gasteiger partial charge is 0.288 e. The summed E-state index contributed by atoms with van der Waals surface area (Å²) in [5.74, 6) is -3.00. The second-order valence-electron chi connectivity index (χ2n) is 7.58. The van der Waals surface area contributed by atoms with E-state index in [9.17, 15) is 22.0 Å². The standard InChI is InChI=1S/C23H22F2N2O3S2/c24-23(25)31-20-8-6-19(7-9-20)26-22(28)17-11-13-27(14-12-17)32(29,30)21-10-5-16-3-1-2-4-18(16)15-21/h1-10,15,17,23H,11-14H2,(H,26,28). The predicted octanol–water partition coefficient (Wildman–Crippen LogP) is 5.19. The molecule has 3 aromatic carbocycles. The van der Waals surface area contributed by atoms with Gasteiger partial charge in [-0.2, -0.15) is 13.1 Å². The first-order chi connectivity index (χ1) is 15.3. The minimum Gasteiger partial charge on any atom is -0.326 e. The summed E-state index contributed by atoms with van der Waals surface area (Å²) in [5.41, 5.74) is 0.528. The summed E-state index contributed by atoms with van der Waals surface area (Å²) in [4.78, 5) is 13.3. The maximum absolute atomic E-state index is 13.1. The summed E-state index contributed by atoms with van der Waals surface area (Å²) in [6, 6.07) is 18.9. The molecule has 0 unspecified atom stereocenters. The zero-order valence-corrected chi connectivity index (χ0v) is 18.7. The molecule has 1 amide bonds. The van der Waals surface area contributed by atoms with Gasteiger partial charge in [-0.1, -0.05) is 42.1 Å². The molecule has 4 rings (SSSR count). The Balaban J connectivity index is 1.37. The number of carbonyl (C=O) groups is 1. The zero-order chi connectivity index (χ0) is 22.7. The molecule has 0 saturated carbocycles. The van der Waals surface area contributed by atoms with Crippen molar-refractivity contribution < 1.29 is 22.0 Å². The Kier molecular flexibility index (Phi) is 6.78. The Hall–Kier alpha value is -2.49. The quantitative estimate of drug-likeness (QED) is 0.497. The van der Waals surface area contributed by atoms with E-state index in [1.165, 1.54) is 16.4 Å². The SMILES string of the molecule is O=C(Nc1ccc(SC(F)F)cc1)C1CCN(S(=O)(=O)c2ccc3ccccc3c2)CC1. The number of fused-ring (bicyclic) bond motifs is 1. The van der Waals surface area contributed by atoms with Crippen molar-refractivity contribution in [3.05, 3.63) is 66.7 Å². The van der Waals surface area contributed by atoms with Gasteiger partial charge in [-0.25, -0.2) is 8.42 Å². The van der Waals surface area contributed by atoms with Crippen LogP contribution in [-0.4, -0.2) is 37.5 Å². The lowest BCUT2D eigenvalue weighted by Crippen LogP contribution is -2.41. The molecular weight excluding hydrogens is 454 g/mol. The minimum absolute atomic E-state index is 0.193. The van der Waals surface area contributed by atoms with Gasteiger partial charge in [-0.3, -0.25) is 4.79 Å². The van der Waals surface area contributed by atoms with Gasteiger partial charge in [0.25, 0.3) is 5.76 Å². The molecule has 0 aromatic heterocycles. The molecule has 1 fully saturated rings. The van der Waals surface area contributed by atoms with E-state index in [-0.39, 0.29) is 29.8 Å². The van der Waals surface area contributed by atoms with Crippen LogP contribution in [-0.2, 0) is 14.8 Å². The molecule has 1 aliphatic heterocycles. The van der Waals surface area contributed by atoms with Crippen LogP contribution in [0.15, 0.2) is 76.5 Å². The van der Waals surface area contributed by atoms with Gasteiger partial charge < -0.3 is 5.32 Å². The van der Waals surface area contributed by atoms with Gasteiger partial charge in [0, 0.05) is 29.6 Å². The largest absolute Gasteiger partial charge is 0.326 e. The fraction of sp³-hybridized carbons (Fsp3) is 0.261. The number of hydrogen-bond donors (Lipinski definition) is 1. The molecule has 1 heterocycles. The fourth-order valence-electron chi connectivity index (χ4n) is 3.80. The first-order valence-electron chi connectivity index (χ1n) is 10.2. The van der Waals surface area contributed by atoms with Crippen LogP contribution in [0.2, 0.25) is 0 Å². The highest BCUT2D eigenvalue weighted by atomic mass is 32.2. The molecule has 0 atom stereocenters. The molecule has 0 aliphatic carbocycles. The van der Waals surface area contributed by atoms with Crippen molar-refractivity contribution in [1.82, 2.24) is 4.31 Å². The molecule has 9 heteroatoms. The highest BCUT2D eigenvalue weighted by Crippen LogP contribution is 2.28. The van der Waals surface area contributed by atoms with Crippen LogP contribution in [0.3, 0.4) is 0 Å². The number of alkyl halides is 2. The summed E-state index contributed by atoms with van der Waals surface area (Å²) in [5, 5.41) is 4.63. The van der Waals surface area contributed by atoms with Crippen molar-refractivity contribution in [1.29, 1.82) is 0 Å². The lowest BCUT2D eigenvalue weighted by molar-refractivity contribution is -0.120. The topological polar surface area (TPSA) is 66.5 Å². The molecular formula is C23H22F2N2O3S2. The van der Waals surface area contributed by atoms with Gasteiger partial charge in [0.2, 0.25) is 15.9 Å². The van der Waals surface area contributed by atoms with Crippen molar-refractivity contribution in [2.45, 2.75) is 28.4 Å². The maximum atomic E-state index is 13.1. The van der Waals surface area contributed by atoms with Crippen LogP contribution in [0.5, 0.6) is 0 Å². The lowest BCUT2D eigenvalue weighted by atomic mass is 9.97. The number of thioether (sulfide) groups is 1. The third-order valence-corrected chi connectivity index (χ3v) is 8.15. The van der Waals surface area contributed by atoms with Crippen LogP contribution in [0.1, 0.15) is 12.8 Å². The van der Waals surface area contributed by atoms with Gasteiger partial charge in [-0.05, 0) is 60.0 Å². The van der Waals surface area contributed by atoms with E-state index in [2.05, 4.69) is 5.32 Å². The van der Waals surface area contributed by atoms with Gasteiger partial charge in [-0.15, -0.1) is 0 Å². The highest BCUT2D eigenvalue weighted by molar-refractivity contribution is 7.99. The number of nitrogens with one attached hydrogen (secondary N) is 1. The Morgan fingerprint density at radius 2 is 1.62 bits per heavy atom. The minimum atomic E-state index is -3.64. The van der Waals surface area contributed by atoms with E-state index >= 15 is 0 Å². The Morgan fingerprint density at radius 3 is 2.28 bits per heavy atom. The predicted molar refractivity (Wildman–Crippen MR) is 122 cm³/mol. The average molecular weight is 477 g/mol. The number of carbonyl (C=O) groups excluding carboxylic acids is 1. The van der Waals surface area contributed by atoms with Crippen molar-refractivity contribution in [3.8, 4) is 0 Å². The number of sulfonamides is 1. The second-order valence-corrected chi connectivity index (χ2v) is 10.6. The Labute approximate surface area is 189 Å². The third kappa shape index (κ3) is 5.11. The fourth-order valence-corrected chi connectivity index (χ4v) is 5.80. The van der Waals surface area contributed by atoms with Crippen LogP contribution in [0.4, 0.5) is 14.5 Å². The van der Waals surface area contributed by atoms with Crippen LogP contribution >= 0.6 is 11.8 Å². The summed E-state index contributed by atoms with van der Waals surface area (Å²) < 4.78 is 52.4. The molecule has 0 radical (unpaired) electrons. The number of rotatable bonds is 6. The monoisotopic (exact) mass is 476 g/mol. The van der Waals surface area contributed by atoms with Crippen LogP contribution in [0, 0.1) is 5.92 Å². The number of halogens is 2. The Morgan fingerprint density at radius 1 is 0.969 bits per heavy atom. The average Bonchev–Trinajstić information content (AvgIpc) is 2.79. The second kappa shape index (κ2) is 9.56. The number of piperidine rings is 1. The molecule has 1 aliphatic rings. The number of hydrogen-bond acceptors (Lipinski definition) is 4. The number of amides is 1. The van der Waals surface area contributed by atoms with E-state index in [0.717, 1.165) is 10.8 Å². The van der Waals surface area contributed by atoms with E-state index in [1.807, 2.05) is 24.3 Å². The molecule has 32 heavy (non-hydrogen) atoms. The molecule has 1 N–H and O–H groups in total. The summed E-state index contributed by atoms with van der Waals surface area (Å²) in [6.07, 6.45) is 0.829. The van der Waals surface area contributed by atoms with Gasteiger partial charge in [0.05, 0.1) is 4.90 Å². The molecule has 0 spiro atoms. The lowest BCUT2D eigenvalue weighted by Gasteiger charge is -2.30. The number of benzene rings is 3. The van der Waals surface area contributed by atoms with E-state index in [0.29, 0.717) is 35.2 Å². The van der Waals surface area contributed by atoms with Crippen molar-refractivity contribution in [2.24, 2.45) is 5.92 Å². The number of anilines is 1. The van der Waals surface area contributed by atoms with Gasteiger partial charge >= 0.3 is 0 Å². The van der Waals surface area contributed by atoms with Gasteiger partial charge in [0.1, 0.15) is 0 Å². The van der Waals surface area contributed by atoms with E-state index < -0.39 is 15.8 Å². The molecule has 3 aromatic rings. The third-order valence-electron chi connectivity index (χ3n) is 5.53. The molecule has 1 saturated heterocycles. The van der Waals surface area contributed by atoms with Crippen molar-refractivity contribution in [2.75, 3.05) is 18.4 Å². The highest BCUT2D eigenvalue weighted by Gasteiger charge is 2.32. The normalized spacial score (nSPS) is 15.8. The first kappa shape index (κ1) is 22.7.